The fourth-order valence-electron chi connectivity index (χ4n) is 2.01. The number of aromatic nitrogens is 1. The SMILES string of the molecule is CCCCCCCCCCNc1ncc(C(=O)OC)s1. The molecule has 0 aliphatic heterocycles. The average molecular weight is 298 g/mol. The number of ether oxygens (including phenoxy) is 1. The number of carbonyl (C=O) groups excluding carboxylic acids is 1. The molecule has 0 spiro atoms. The van der Waals surface area contributed by atoms with Crippen molar-refractivity contribution in [2.45, 2.75) is 58.3 Å². The van der Waals surface area contributed by atoms with E-state index in [0.717, 1.165) is 18.1 Å². The van der Waals surface area contributed by atoms with Crippen LogP contribution in [0.25, 0.3) is 0 Å². The van der Waals surface area contributed by atoms with Crippen LogP contribution < -0.4 is 5.32 Å². The summed E-state index contributed by atoms with van der Waals surface area (Å²) < 4.78 is 4.65. The maximum Gasteiger partial charge on any atom is 0.349 e. The quantitative estimate of drug-likeness (QED) is 0.483. The Labute approximate surface area is 125 Å². The van der Waals surface area contributed by atoms with Gasteiger partial charge in [-0.05, 0) is 6.42 Å². The van der Waals surface area contributed by atoms with Crippen molar-refractivity contribution in [1.82, 2.24) is 4.98 Å². The fourth-order valence-corrected chi connectivity index (χ4v) is 2.77. The summed E-state index contributed by atoms with van der Waals surface area (Å²) in [5.41, 5.74) is 0. The third-order valence-electron chi connectivity index (χ3n) is 3.20. The highest BCUT2D eigenvalue weighted by atomic mass is 32.1. The first-order valence-electron chi connectivity index (χ1n) is 7.56. The number of hydrogen-bond acceptors (Lipinski definition) is 5. The van der Waals surface area contributed by atoms with E-state index in [1.54, 1.807) is 6.20 Å². The topological polar surface area (TPSA) is 51.2 Å². The summed E-state index contributed by atoms with van der Waals surface area (Å²) in [6.45, 7) is 3.17. The number of esters is 1. The van der Waals surface area contributed by atoms with Crippen LogP contribution in [0.2, 0.25) is 0 Å². The number of hydrogen-bond donors (Lipinski definition) is 1. The van der Waals surface area contributed by atoms with Crippen molar-refractivity contribution in [2.75, 3.05) is 19.0 Å². The first-order valence-corrected chi connectivity index (χ1v) is 8.37. The zero-order valence-electron chi connectivity index (χ0n) is 12.6. The molecule has 0 fully saturated rings. The number of nitrogens with zero attached hydrogens (tertiary/aromatic N) is 1. The average Bonchev–Trinajstić information content (AvgIpc) is 2.93. The molecule has 0 aliphatic carbocycles. The Morgan fingerprint density at radius 2 is 1.85 bits per heavy atom. The number of anilines is 1. The summed E-state index contributed by atoms with van der Waals surface area (Å²) in [6, 6.07) is 0. The predicted molar refractivity (Wildman–Crippen MR) is 84.6 cm³/mol. The van der Waals surface area contributed by atoms with E-state index < -0.39 is 0 Å². The smallest absolute Gasteiger partial charge is 0.349 e. The van der Waals surface area contributed by atoms with Gasteiger partial charge in [0.25, 0.3) is 0 Å². The summed E-state index contributed by atoms with van der Waals surface area (Å²) in [6.07, 6.45) is 12.1. The molecule has 1 rings (SSSR count). The largest absolute Gasteiger partial charge is 0.465 e. The number of unbranched alkanes of at least 4 members (excludes halogenated alkanes) is 7. The van der Waals surface area contributed by atoms with E-state index >= 15 is 0 Å². The van der Waals surface area contributed by atoms with Gasteiger partial charge in [-0.3, -0.25) is 0 Å². The van der Waals surface area contributed by atoms with Crippen molar-refractivity contribution < 1.29 is 9.53 Å². The van der Waals surface area contributed by atoms with Crippen molar-refractivity contribution in [2.24, 2.45) is 0 Å². The molecule has 1 aromatic heterocycles. The summed E-state index contributed by atoms with van der Waals surface area (Å²) >= 11 is 1.35. The lowest BCUT2D eigenvalue weighted by molar-refractivity contribution is 0.0606. The van der Waals surface area contributed by atoms with E-state index in [1.165, 1.54) is 63.4 Å². The zero-order valence-corrected chi connectivity index (χ0v) is 13.4. The maximum atomic E-state index is 11.3. The van der Waals surface area contributed by atoms with Crippen molar-refractivity contribution in [3.05, 3.63) is 11.1 Å². The molecule has 20 heavy (non-hydrogen) atoms. The normalized spacial score (nSPS) is 10.5. The molecule has 0 atom stereocenters. The molecule has 114 valence electrons. The van der Waals surface area contributed by atoms with Crippen LogP contribution in [-0.4, -0.2) is 24.6 Å². The van der Waals surface area contributed by atoms with Crippen molar-refractivity contribution >= 4 is 22.4 Å². The van der Waals surface area contributed by atoms with Gasteiger partial charge in [-0.1, -0.05) is 63.2 Å². The van der Waals surface area contributed by atoms with Gasteiger partial charge in [0.1, 0.15) is 4.88 Å². The Morgan fingerprint density at radius 1 is 1.20 bits per heavy atom. The lowest BCUT2D eigenvalue weighted by atomic mass is 10.1. The first-order chi connectivity index (χ1) is 9.77. The molecule has 4 nitrogen and oxygen atoms in total. The lowest BCUT2D eigenvalue weighted by Gasteiger charge is -2.03. The molecule has 0 amide bonds. The van der Waals surface area contributed by atoms with Gasteiger partial charge in [0.05, 0.1) is 13.3 Å². The number of thiazole rings is 1. The van der Waals surface area contributed by atoms with E-state index in [0.29, 0.717) is 4.88 Å². The molecule has 0 saturated heterocycles. The second kappa shape index (κ2) is 10.7. The molecule has 0 aromatic carbocycles. The molecule has 0 radical (unpaired) electrons. The van der Waals surface area contributed by atoms with Gasteiger partial charge >= 0.3 is 5.97 Å². The minimum Gasteiger partial charge on any atom is -0.465 e. The first kappa shape index (κ1) is 17.0. The fraction of sp³-hybridized carbons (Fsp3) is 0.733. The van der Waals surface area contributed by atoms with Crippen LogP contribution >= 0.6 is 11.3 Å². The van der Waals surface area contributed by atoms with Crippen LogP contribution in [0.15, 0.2) is 6.20 Å². The third-order valence-corrected chi connectivity index (χ3v) is 4.13. The molecule has 1 aromatic rings. The second-order valence-corrected chi connectivity index (χ2v) is 5.95. The molecule has 0 bridgehead atoms. The van der Waals surface area contributed by atoms with Gasteiger partial charge in [-0.2, -0.15) is 0 Å². The number of carbonyl (C=O) groups is 1. The van der Waals surface area contributed by atoms with Crippen molar-refractivity contribution in [3.63, 3.8) is 0 Å². The van der Waals surface area contributed by atoms with Crippen LogP contribution in [0.5, 0.6) is 0 Å². The number of nitrogens with one attached hydrogen (secondary N) is 1. The number of rotatable bonds is 11. The Kier molecular flexibility index (Phi) is 9.04. The predicted octanol–water partition coefficient (Wildman–Crippen LogP) is 4.48. The molecule has 0 saturated carbocycles. The van der Waals surface area contributed by atoms with Crippen LogP contribution in [0.4, 0.5) is 5.13 Å². The Balaban J connectivity index is 2.01. The van der Waals surface area contributed by atoms with E-state index in [-0.39, 0.29) is 5.97 Å². The second-order valence-electron chi connectivity index (χ2n) is 4.92. The highest BCUT2D eigenvalue weighted by molar-refractivity contribution is 7.17. The van der Waals surface area contributed by atoms with E-state index in [2.05, 4.69) is 22.0 Å². The monoisotopic (exact) mass is 298 g/mol. The van der Waals surface area contributed by atoms with Gasteiger partial charge in [-0.15, -0.1) is 0 Å². The highest BCUT2D eigenvalue weighted by Gasteiger charge is 2.09. The van der Waals surface area contributed by atoms with E-state index in [1.807, 2.05) is 0 Å². The van der Waals surface area contributed by atoms with Gasteiger partial charge in [0.2, 0.25) is 0 Å². The van der Waals surface area contributed by atoms with Gasteiger partial charge < -0.3 is 10.1 Å². The minimum atomic E-state index is -0.317. The maximum absolute atomic E-state index is 11.3. The van der Waals surface area contributed by atoms with Gasteiger partial charge in [-0.25, -0.2) is 9.78 Å². The van der Waals surface area contributed by atoms with E-state index in [9.17, 15) is 4.79 Å². The summed E-state index contributed by atoms with van der Waals surface area (Å²) in [5.74, 6) is -0.317. The Bertz CT molecular complexity index is 380. The zero-order chi connectivity index (χ0) is 14.6. The molecule has 5 heteroatoms. The van der Waals surface area contributed by atoms with Crippen molar-refractivity contribution in [3.8, 4) is 0 Å². The van der Waals surface area contributed by atoms with E-state index in [4.69, 9.17) is 0 Å². The summed E-state index contributed by atoms with van der Waals surface area (Å²) in [4.78, 5) is 16.0. The van der Waals surface area contributed by atoms with Crippen LogP contribution in [0, 0.1) is 0 Å². The minimum absolute atomic E-state index is 0.317. The summed E-state index contributed by atoms with van der Waals surface area (Å²) in [5, 5.41) is 4.05. The van der Waals surface area contributed by atoms with Crippen LogP contribution in [0.1, 0.15) is 68.0 Å². The summed E-state index contributed by atoms with van der Waals surface area (Å²) in [7, 11) is 1.38. The molecule has 1 heterocycles. The van der Waals surface area contributed by atoms with Gasteiger partial charge in [0, 0.05) is 6.54 Å². The molecular weight excluding hydrogens is 272 g/mol. The molecular formula is C15H26N2O2S. The van der Waals surface area contributed by atoms with Crippen molar-refractivity contribution in [1.29, 1.82) is 0 Å². The lowest BCUT2D eigenvalue weighted by Crippen LogP contribution is -2.00. The van der Waals surface area contributed by atoms with Gasteiger partial charge in [0.15, 0.2) is 5.13 Å². The van der Waals surface area contributed by atoms with Crippen LogP contribution in [-0.2, 0) is 4.74 Å². The molecule has 1 N–H and O–H groups in total. The Morgan fingerprint density at radius 3 is 2.50 bits per heavy atom. The number of methoxy groups -OCH3 is 1. The third kappa shape index (κ3) is 6.89. The Hall–Kier alpha value is -1.10. The molecule has 0 unspecified atom stereocenters. The standard InChI is InChI=1S/C15H26N2O2S/c1-3-4-5-6-7-8-9-10-11-16-15-17-12-13(20-15)14(18)19-2/h12H,3-11H2,1-2H3,(H,16,17). The molecule has 0 aliphatic rings. The highest BCUT2D eigenvalue weighted by Crippen LogP contribution is 2.18. The van der Waals surface area contributed by atoms with Crippen LogP contribution in [0.3, 0.4) is 0 Å².